The van der Waals surface area contributed by atoms with E-state index in [0.717, 1.165) is 11.8 Å². The molecule has 0 aliphatic carbocycles. The van der Waals surface area contributed by atoms with Crippen LogP contribution in [0.1, 0.15) is 33.4 Å². The van der Waals surface area contributed by atoms with Crippen LogP contribution in [-0.2, 0) is 11.2 Å². The SMILES string of the molecule is COC(=O)c1cccc(NC(=O)N2CCc3[nH]cnc3C2c2cccc(F)c2F)c1. The molecular weight excluding hydrogens is 394 g/mol. The topological polar surface area (TPSA) is 87.3 Å². The van der Waals surface area contributed by atoms with Gasteiger partial charge in [-0.25, -0.2) is 23.4 Å². The first-order chi connectivity index (χ1) is 14.5. The number of urea groups is 1. The van der Waals surface area contributed by atoms with Crippen molar-refractivity contribution >= 4 is 17.7 Å². The number of aromatic amines is 1. The van der Waals surface area contributed by atoms with Crippen LogP contribution in [0.4, 0.5) is 19.3 Å². The van der Waals surface area contributed by atoms with Gasteiger partial charge in [0.25, 0.3) is 0 Å². The van der Waals surface area contributed by atoms with Gasteiger partial charge in [-0.2, -0.15) is 0 Å². The van der Waals surface area contributed by atoms with Gasteiger partial charge in [-0.15, -0.1) is 0 Å². The van der Waals surface area contributed by atoms with Crippen molar-refractivity contribution in [2.45, 2.75) is 12.5 Å². The summed E-state index contributed by atoms with van der Waals surface area (Å²) in [6, 6.07) is 8.68. The molecule has 4 rings (SSSR count). The molecule has 0 saturated carbocycles. The van der Waals surface area contributed by atoms with E-state index in [1.165, 1.54) is 36.5 Å². The number of H-pyrrole nitrogens is 1. The lowest BCUT2D eigenvalue weighted by Gasteiger charge is -2.35. The first-order valence-corrected chi connectivity index (χ1v) is 9.21. The molecule has 1 aliphatic rings. The third-order valence-corrected chi connectivity index (χ3v) is 5.00. The van der Waals surface area contributed by atoms with E-state index < -0.39 is 29.7 Å². The van der Waals surface area contributed by atoms with Gasteiger partial charge >= 0.3 is 12.0 Å². The highest BCUT2D eigenvalue weighted by Gasteiger charge is 2.36. The van der Waals surface area contributed by atoms with Crippen molar-refractivity contribution in [3.63, 3.8) is 0 Å². The fourth-order valence-corrected chi connectivity index (χ4v) is 3.58. The number of hydrogen-bond donors (Lipinski definition) is 2. The number of carbonyl (C=O) groups excluding carboxylic acids is 2. The van der Waals surface area contributed by atoms with Gasteiger partial charge in [-0.1, -0.05) is 18.2 Å². The second kappa shape index (κ2) is 7.94. The molecule has 0 fully saturated rings. The molecule has 2 heterocycles. The Labute approximate surface area is 170 Å². The number of aromatic nitrogens is 2. The minimum atomic E-state index is -1.02. The first-order valence-electron chi connectivity index (χ1n) is 9.21. The van der Waals surface area contributed by atoms with Crippen LogP contribution in [0.15, 0.2) is 48.8 Å². The number of halogens is 2. The molecule has 2 aromatic carbocycles. The van der Waals surface area contributed by atoms with Gasteiger partial charge in [0, 0.05) is 29.9 Å². The molecule has 2 amide bonds. The summed E-state index contributed by atoms with van der Waals surface area (Å²) >= 11 is 0. The van der Waals surface area contributed by atoms with E-state index in [2.05, 4.69) is 15.3 Å². The van der Waals surface area contributed by atoms with Crippen LogP contribution >= 0.6 is 0 Å². The van der Waals surface area contributed by atoms with E-state index in [0.29, 0.717) is 17.8 Å². The Hall–Kier alpha value is -3.75. The zero-order valence-corrected chi connectivity index (χ0v) is 16.0. The number of rotatable bonds is 3. The molecule has 0 spiro atoms. The Balaban J connectivity index is 1.68. The number of imidazole rings is 1. The maximum absolute atomic E-state index is 14.6. The molecule has 154 valence electrons. The molecule has 9 heteroatoms. The molecular formula is C21H18F2N4O3. The summed E-state index contributed by atoms with van der Waals surface area (Å²) in [5.41, 5.74) is 1.89. The van der Waals surface area contributed by atoms with Crippen molar-refractivity contribution < 1.29 is 23.1 Å². The Kier molecular flexibility index (Phi) is 5.18. The zero-order valence-electron chi connectivity index (χ0n) is 16.0. The van der Waals surface area contributed by atoms with Gasteiger partial charge in [0.2, 0.25) is 0 Å². The molecule has 1 aliphatic heterocycles. The molecule has 3 aromatic rings. The fraction of sp³-hybridized carbons (Fsp3) is 0.190. The van der Waals surface area contributed by atoms with Gasteiger partial charge < -0.3 is 19.9 Å². The molecule has 1 unspecified atom stereocenters. The maximum atomic E-state index is 14.6. The van der Waals surface area contributed by atoms with Crippen LogP contribution in [-0.4, -0.2) is 40.5 Å². The lowest BCUT2D eigenvalue weighted by atomic mass is 9.95. The van der Waals surface area contributed by atoms with Gasteiger partial charge in [0.1, 0.15) is 6.04 Å². The Morgan fingerprint density at radius 2 is 2.03 bits per heavy atom. The van der Waals surface area contributed by atoms with Crippen molar-refractivity contribution in [2.75, 3.05) is 19.0 Å². The van der Waals surface area contributed by atoms with Crippen LogP contribution in [0, 0.1) is 11.6 Å². The van der Waals surface area contributed by atoms with E-state index in [1.807, 2.05) is 0 Å². The number of amides is 2. The van der Waals surface area contributed by atoms with Crippen LogP contribution < -0.4 is 5.32 Å². The van der Waals surface area contributed by atoms with E-state index in [1.54, 1.807) is 18.2 Å². The number of nitrogens with one attached hydrogen (secondary N) is 2. The predicted molar refractivity (Wildman–Crippen MR) is 104 cm³/mol. The largest absolute Gasteiger partial charge is 0.465 e. The van der Waals surface area contributed by atoms with Crippen LogP contribution in [0.25, 0.3) is 0 Å². The molecule has 2 N–H and O–H groups in total. The number of anilines is 1. The third kappa shape index (κ3) is 3.49. The second-order valence-corrected chi connectivity index (χ2v) is 6.76. The summed E-state index contributed by atoms with van der Waals surface area (Å²) in [6.45, 7) is 0.262. The molecule has 0 bridgehead atoms. The molecule has 0 saturated heterocycles. The summed E-state index contributed by atoms with van der Waals surface area (Å²) in [5, 5.41) is 2.71. The average molecular weight is 412 g/mol. The lowest BCUT2D eigenvalue weighted by molar-refractivity contribution is 0.0600. The van der Waals surface area contributed by atoms with Crippen LogP contribution in [0.2, 0.25) is 0 Å². The summed E-state index contributed by atoms with van der Waals surface area (Å²) in [4.78, 5) is 33.4. The van der Waals surface area contributed by atoms with Crippen molar-refractivity contribution in [1.82, 2.24) is 14.9 Å². The average Bonchev–Trinajstić information content (AvgIpc) is 3.23. The molecule has 0 radical (unpaired) electrons. The smallest absolute Gasteiger partial charge is 0.337 e. The number of esters is 1. The quantitative estimate of drug-likeness (QED) is 0.643. The second-order valence-electron chi connectivity index (χ2n) is 6.76. The van der Waals surface area contributed by atoms with Crippen molar-refractivity contribution in [1.29, 1.82) is 0 Å². The van der Waals surface area contributed by atoms with Crippen molar-refractivity contribution in [3.05, 3.63) is 82.9 Å². The highest BCUT2D eigenvalue weighted by molar-refractivity contribution is 5.94. The number of carbonyl (C=O) groups is 2. The normalized spacial score (nSPS) is 15.4. The highest BCUT2D eigenvalue weighted by Crippen LogP contribution is 2.35. The molecule has 7 nitrogen and oxygen atoms in total. The lowest BCUT2D eigenvalue weighted by Crippen LogP contribution is -2.43. The number of benzene rings is 2. The maximum Gasteiger partial charge on any atom is 0.337 e. The van der Waals surface area contributed by atoms with E-state index >= 15 is 0 Å². The minimum Gasteiger partial charge on any atom is -0.465 e. The van der Waals surface area contributed by atoms with Gasteiger partial charge in [0.05, 0.1) is 24.7 Å². The van der Waals surface area contributed by atoms with Gasteiger partial charge in [-0.3, -0.25) is 0 Å². The Morgan fingerprint density at radius 1 is 1.23 bits per heavy atom. The number of hydrogen-bond acceptors (Lipinski definition) is 4. The van der Waals surface area contributed by atoms with Crippen molar-refractivity contribution in [3.8, 4) is 0 Å². The predicted octanol–water partition coefficient (Wildman–Crippen LogP) is 3.65. The number of methoxy groups -OCH3 is 1. The molecule has 1 atom stereocenters. The number of fused-ring (bicyclic) bond motifs is 1. The molecule has 1 aromatic heterocycles. The number of ether oxygens (including phenoxy) is 1. The van der Waals surface area contributed by atoms with Gasteiger partial charge in [-0.05, 0) is 24.3 Å². The van der Waals surface area contributed by atoms with Crippen LogP contribution in [0.3, 0.4) is 0 Å². The summed E-state index contributed by atoms with van der Waals surface area (Å²) in [6.07, 6.45) is 1.95. The number of nitrogens with zero attached hydrogens (tertiary/aromatic N) is 2. The van der Waals surface area contributed by atoms with E-state index in [9.17, 15) is 18.4 Å². The van der Waals surface area contributed by atoms with Crippen LogP contribution in [0.5, 0.6) is 0 Å². The Morgan fingerprint density at radius 3 is 2.83 bits per heavy atom. The van der Waals surface area contributed by atoms with Gasteiger partial charge in [0.15, 0.2) is 11.6 Å². The Bertz CT molecular complexity index is 1120. The third-order valence-electron chi connectivity index (χ3n) is 5.00. The fourth-order valence-electron chi connectivity index (χ4n) is 3.58. The van der Waals surface area contributed by atoms with Crippen molar-refractivity contribution in [2.24, 2.45) is 0 Å². The van der Waals surface area contributed by atoms with E-state index in [4.69, 9.17) is 4.74 Å². The zero-order chi connectivity index (χ0) is 21.3. The minimum absolute atomic E-state index is 0.0153. The molecule has 30 heavy (non-hydrogen) atoms. The first kappa shape index (κ1) is 19.6. The summed E-state index contributed by atoms with van der Waals surface area (Å²) < 4.78 is 33.2. The standard InChI is InChI=1S/C21H18F2N4O3/c1-30-20(28)12-4-2-5-13(10-12)26-21(29)27-9-8-16-18(25-11-24-16)19(27)14-6-3-7-15(22)17(14)23/h2-7,10-11,19H,8-9H2,1H3,(H,24,25)(H,26,29). The monoisotopic (exact) mass is 412 g/mol. The van der Waals surface area contributed by atoms with E-state index in [-0.39, 0.29) is 17.7 Å². The summed E-state index contributed by atoms with van der Waals surface area (Å²) in [5.74, 6) is -2.56. The highest BCUT2D eigenvalue weighted by atomic mass is 19.2. The summed E-state index contributed by atoms with van der Waals surface area (Å²) in [7, 11) is 1.26.